The van der Waals surface area contributed by atoms with Crippen LogP contribution in [0.5, 0.6) is 0 Å². The van der Waals surface area contributed by atoms with Crippen molar-refractivity contribution < 1.29 is 9.90 Å². The summed E-state index contributed by atoms with van der Waals surface area (Å²) in [6.45, 7) is 1.71. The van der Waals surface area contributed by atoms with Crippen LogP contribution >= 0.6 is 15.9 Å². The highest BCUT2D eigenvalue weighted by Crippen LogP contribution is 2.49. The van der Waals surface area contributed by atoms with Gasteiger partial charge in [0, 0.05) is 17.6 Å². The SMILES string of the molecule is CN(Cc1ccccc1Br)CC1(CC(=O)O)CC1. The second-order valence-corrected chi connectivity index (χ2v) is 6.19. The van der Waals surface area contributed by atoms with Crippen LogP contribution in [0.1, 0.15) is 24.8 Å². The van der Waals surface area contributed by atoms with E-state index >= 15 is 0 Å². The van der Waals surface area contributed by atoms with E-state index in [9.17, 15) is 4.79 Å². The van der Waals surface area contributed by atoms with Gasteiger partial charge in [-0.25, -0.2) is 0 Å². The molecule has 0 radical (unpaired) electrons. The van der Waals surface area contributed by atoms with Gasteiger partial charge in [0.15, 0.2) is 0 Å². The first kappa shape index (κ1) is 13.6. The number of hydrogen-bond acceptors (Lipinski definition) is 2. The summed E-state index contributed by atoms with van der Waals surface area (Å²) in [6, 6.07) is 8.16. The zero-order chi connectivity index (χ0) is 13.2. The molecule has 1 aromatic carbocycles. The molecule has 98 valence electrons. The monoisotopic (exact) mass is 311 g/mol. The van der Waals surface area contributed by atoms with E-state index < -0.39 is 5.97 Å². The van der Waals surface area contributed by atoms with Crippen molar-refractivity contribution in [1.82, 2.24) is 4.90 Å². The molecule has 0 amide bonds. The van der Waals surface area contributed by atoms with E-state index in [0.29, 0.717) is 6.42 Å². The third kappa shape index (κ3) is 3.56. The predicted molar refractivity (Wildman–Crippen MR) is 74.4 cm³/mol. The first-order valence-electron chi connectivity index (χ1n) is 6.15. The Bertz CT molecular complexity index is 443. The average molecular weight is 312 g/mol. The second kappa shape index (κ2) is 5.41. The summed E-state index contributed by atoms with van der Waals surface area (Å²) in [5.41, 5.74) is 1.27. The van der Waals surface area contributed by atoms with Crippen LogP contribution in [0.4, 0.5) is 0 Å². The number of nitrogens with zero attached hydrogens (tertiary/aromatic N) is 1. The number of carboxylic acids is 1. The molecule has 1 saturated carbocycles. The second-order valence-electron chi connectivity index (χ2n) is 5.33. The molecule has 1 aliphatic carbocycles. The lowest BCUT2D eigenvalue weighted by Gasteiger charge is -2.23. The molecule has 0 atom stereocenters. The molecule has 1 aliphatic rings. The minimum absolute atomic E-state index is 0.0296. The summed E-state index contributed by atoms with van der Waals surface area (Å²) in [5.74, 6) is -0.679. The van der Waals surface area contributed by atoms with Crippen LogP contribution in [0.3, 0.4) is 0 Å². The van der Waals surface area contributed by atoms with Crippen LogP contribution in [0, 0.1) is 5.41 Å². The summed E-state index contributed by atoms with van der Waals surface area (Å²) in [7, 11) is 2.06. The minimum Gasteiger partial charge on any atom is -0.481 e. The van der Waals surface area contributed by atoms with Crippen LogP contribution in [-0.4, -0.2) is 29.6 Å². The average Bonchev–Trinajstić information content (AvgIpc) is 3.00. The fraction of sp³-hybridized carbons (Fsp3) is 0.500. The Morgan fingerprint density at radius 3 is 2.67 bits per heavy atom. The number of rotatable bonds is 6. The number of benzene rings is 1. The van der Waals surface area contributed by atoms with Crippen LogP contribution in [-0.2, 0) is 11.3 Å². The third-order valence-corrected chi connectivity index (χ3v) is 4.26. The van der Waals surface area contributed by atoms with E-state index in [1.165, 1.54) is 5.56 Å². The van der Waals surface area contributed by atoms with Crippen molar-refractivity contribution in [1.29, 1.82) is 0 Å². The molecule has 0 aromatic heterocycles. The zero-order valence-corrected chi connectivity index (χ0v) is 12.1. The minimum atomic E-state index is -0.679. The van der Waals surface area contributed by atoms with Gasteiger partial charge in [0.25, 0.3) is 0 Å². The summed E-state index contributed by atoms with van der Waals surface area (Å²) < 4.78 is 1.11. The van der Waals surface area contributed by atoms with Crippen molar-refractivity contribution in [2.75, 3.05) is 13.6 Å². The summed E-state index contributed by atoms with van der Waals surface area (Å²) in [6.07, 6.45) is 2.38. The molecule has 0 unspecified atom stereocenters. The van der Waals surface area contributed by atoms with Crippen molar-refractivity contribution >= 4 is 21.9 Å². The highest BCUT2D eigenvalue weighted by molar-refractivity contribution is 9.10. The Balaban J connectivity index is 1.91. The largest absolute Gasteiger partial charge is 0.481 e. The Morgan fingerprint density at radius 2 is 2.11 bits per heavy atom. The molecule has 0 saturated heterocycles. The number of carboxylic acid groups (broad SMARTS) is 1. The van der Waals surface area contributed by atoms with Crippen molar-refractivity contribution in [3.05, 3.63) is 34.3 Å². The Morgan fingerprint density at radius 1 is 1.44 bits per heavy atom. The van der Waals surface area contributed by atoms with Gasteiger partial charge < -0.3 is 10.0 Å². The van der Waals surface area contributed by atoms with Gasteiger partial charge in [0.05, 0.1) is 6.42 Å². The molecule has 0 spiro atoms. The summed E-state index contributed by atoms with van der Waals surface area (Å²) >= 11 is 3.54. The quantitative estimate of drug-likeness (QED) is 0.877. The van der Waals surface area contributed by atoms with E-state index in [1.54, 1.807) is 0 Å². The first-order valence-corrected chi connectivity index (χ1v) is 6.94. The van der Waals surface area contributed by atoms with Crippen LogP contribution in [0.25, 0.3) is 0 Å². The maximum absolute atomic E-state index is 10.8. The fourth-order valence-corrected chi connectivity index (χ4v) is 2.84. The van der Waals surface area contributed by atoms with Crippen LogP contribution in [0.15, 0.2) is 28.7 Å². The number of aliphatic carboxylic acids is 1. The highest BCUT2D eigenvalue weighted by Gasteiger charge is 2.44. The fourth-order valence-electron chi connectivity index (χ4n) is 2.43. The molecule has 1 aromatic rings. The summed E-state index contributed by atoms with van der Waals surface area (Å²) in [4.78, 5) is 13.0. The maximum atomic E-state index is 10.8. The maximum Gasteiger partial charge on any atom is 0.303 e. The van der Waals surface area contributed by atoms with Gasteiger partial charge in [0.1, 0.15) is 0 Å². The first-order chi connectivity index (χ1) is 8.51. The van der Waals surface area contributed by atoms with Gasteiger partial charge in [-0.1, -0.05) is 34.1 Å². The molecule has 1 N–H and O–H groups in total. The number of carbonyl (C=O) groups is 1. The van der Waals surface area contributed by atoms with Gasteiger partial charge in [-0.3, -0.25) is 4.79 Å². The van der Waals surface area contributed by atoms with E-state index in [4.69, 9.17) is 5.11 Å². The van der Waals surface area contributed by atoms with Crippen LogP contribution in [0.2, 0.25) is 0 Å². The van der Waals surface area contributed by atoms with Crippen LogP contribution < -0.4 is 0 Å². The van der Waals surface area contributed by atoms with Gasteiger partial charge >= 0.3 is 5.97 Å². The van der Waals surface area contributed by atoms with Gasteiger partial charge in [-0.2, -0.15) is 0 Å². The van der Waals surface area contributed by atoms with Gasteiger partial charge in [-0.15, -0.1) is 0 Å². The molecule has 0 heterocycles. The van der Waals surface area contributed by atoms with E-state index in [2.05, 4.69) is 33.9 Å². The van der Waals surface area contributed by atoms with Crippen molar-refractivity contribution in [3.63, 3.8) is 0 Å². The number of hydrogen-bond donors (Lipinski definition) is 1. The Hall–Kier alpha value is -0.870. The Labute approximate surface area is 116 Å². The summed E-state index contributed by atoms with van der Waals surface area (Å²) in [5, 5.41) is 8.91. The van der Waals surface area contributed by atoms with Gasteiger partial charge in [-0.05, 0) is 36.9 Å². The molecular weight excluding hydrogens is 294 g/mol. The molecule has 0 bridgehead atoms. The van der Waals surface area contributed by atoms with Crippen molar-refractivity contribution in [2.24, 2.45) is 5.41 Å². The molecule has 2 rings (SSSR count). The molecule has 3 nitrogen and oxygen atoms in total. The standard InChI is InChI=1S/C14H18BrNO2/c1-16(9-11-4-2-3-5-12(11)15)10-14(6-7-14)8-13(17)18/h2-5H,6-10H2,1H3,(H,17,18). The lowest BCUT2D eigenvalue weighted by molar-refractivity contribution is -0.138. The predicted octanol–water partition coefficient (Wildman–Crippen LogP) is 3.14. The van der Waals surface area contributed by atoms with E-state index in [0.717, 1.165) is 30.4 Å². The molecule has 1 fully saturated rings. The Kier molecular flexibility index (Phi) is 4.07. The molecule has 18 heavy (non-hydrogen) atoms. The lowest BCUT2D eigenvalue weighted by Crippen LogP contribution is -2.28. The number of halogens is 1. The zero-order valence-electron chi connectivity index (χ0n) is 10.5. The van der Waals surface area contributed by atoms with Crippen molar-refractivity contribution in [3.8, 4) is 0 Å². The van der Waals surface area contributed by atoms with E-state index in [1.807, 2.05) is 18.2 Å². The molecule has 0 aliphatic heterocycles. The normalized spacial score (nSPS) is 16.8. The van der Waals surface area contributed by atoms with E-state index in [-0.39, 0.29) is 5.41 Å². The lowest BCUT2D eigenvalue weighted by atomic mass is 10.0. The third-order valence-electron chi connectivity index (χ3n) is 3.49. The van der Waals surface area contributed by atoms with Crippen molar-refractivity contribution in [2.45, 2.75) is 25.8 Å². The smallest absolute Gasteiger partial charge is 0.303 e. The highest BCUT2D eigenvalue weighted by atomic mass is 79.9. The molecule has 4 heteroatoms. The van der Waals surface area contributed by atoms with Gasteiger partial charge in [0.2, 0.25) is 0 Å². The molecular formula is C14H18BrNO2. The topological polar surface area (TPSA) is 40.5 Å².